The number of anilines is 1. The van der Waals surface area contributed by atoms with Crippen LogP contribution in [0.2, 0.25) is 0 Å². The maximum absolute atomic E-state index is 12.5. The molecule has 1 fully saturated rings. The molecule has 1 atom stereocenters. The number of pyridine rings is 1. The van der Waals surface area contributed by atoms with E-state index in [0.29, 0.717) is 5.56 Å². The minimum Gasteiger partial charge on any atom is -0.497 e. The summed E-state index contributed by atoms with van der Waals surface area (Å²) in [6, 6.07) is 13.7. The molecule has 1 aromatic carbocycles. The molecule has 2 N–H and O–H groups in total. The third kappa shape index (κ3) is 4.39. The Bertz CT molecular complexity index is 966. The third-order valence-electron chi connectivity index (χ3n) is 5.22. The van der Waals surface area contributed by atoms with Gasteiger partial charge in [-0.3, -0.25) is 14.9 Å². The monoisotopic (exact) mass is 391 g/mol. The first kappa shape index (κ1) is 19.0. The molecule has 7 nitrogen and oxygen atoms in total. The van der Waals surface area contributed by atoms with Gasteiger partial charge in [0.15, 0.2) is 5.82 Å². The van der Waals surface area contributed by atoms with Crippen LogP contribution < -0.4 is 15.0 Å². The highest BCUT2D eigenvalue weighted by Crippen LogP contribution is 2.25. The summed E-state index contributed by atoms with van der Waals surface area (Å²) in [5.41, 5.74) is 3.50. The number of hydrogen-bond acceptors (Lipinski definition) is 5. The minimum atomic E-state index is -0.0784. The minimum absolute atomic E-state index is 0.0784. The van der Waals surface area contributed by atoms with Crippen molar-refractivity contribution in [3.8, 4) is 17.0 Å². The van der Waals surface area contributed by atoms with Crippen LogP contribution >= 0.6 is 0 Å². The first-order chi connectivity index (χ1) is 14.1. The average molecular weight is 391 g/mol. The predicted octanol–water partition coefficient (Wildman–Crippen LogP) is 3.19. The summed E-state index contributed by atoms with van der Waals surface area (Å²) in [5.74, 6) is 1.64. The average Bonchev–Trinajstić information content (AvgIpc) is 3.25. The Morgan fingerprint density at radius 1 is 1.24 bits per heavy atom. The van der Waals surface area contributed by atoms with Gasteiger partial charge in [0, 0.05) is 37.1 Å². The first-order valence-electron chi connectivity index (χ1n) is 9.80. The fourth-order valence-electron chi connectivity index (χ4n) is 3.57. The molecular formula is C22H25N5O2. The standard InChI is InChI=1S/C22H25N5O2/c1-15-5-6-17(13-23-15)22(28)24-18-4-3-11-27(14-18)21-12-20(25-26-21)16-7-9-19(29-2)10-8-16/h5-10,12-13,18H,3-4,11,14H2,1-2H3,(H,24,28)(H,25,26)/t18-/m0/s1. The first-order valence-corrected chi connectivity index (χ1v) is 9.80. The van der Waals surface area contributed by atoms with Crippen LogP contribution in [-0.4, -0.2) is 47.3 Å². The molecule has 0 aliphatic carbocycles. The van der Waals surface area contributed by atoms with E-state index < -0.39 is 0 Å². The fraction of sp³-hybridized carbons (Fsp3) is 0.318. The highest BCUT2D eigenvalue weighted by Gasteiger charge is 2.23. The molecule has 3 heterocycles. The summed E-state index contributed by atoms with van der Waals surface area (Å²) >= 11 is 0. The summed E-state index contributed by atoms with van der Waals surface area (Å²) in [4.78, 5) is 18.9. The van der Waals surface area contributed by atoms with E-state index in [1.54, 1.807) is 13.3 Å². The van der Waals surface area contributed by atoms with Gasteiger partial charge in [0.1, 0.15) is 5.75 Å². The number of carbonyl (C=O) groups is 1. The highest BCUT2D eigenvalue weighted by atomic mass is 16.5. The van der Waals surface area contributed by atoms with Crippen LogP contribution in [0.25, 0.3) is 11.3 Å². The number of nitrogens with zero attached hydrogens (tertiary/aromatic N) is 3. The van der Waals surface area contributed by atoms with E-state index in [-0.39, 0.29) is 11.9 Å². The van der Waals surface area contributed by atoms with Crippen molar-refractivity contribution in [2.75, 3.05) is 25.1 Å². The quantitative estimate of drug-likeness (QED) is 0.698. The van der Waals surface area contributed by atoms with E-state index >= 15 is 0 Å². The normalized spacial score (nSPS) is 16.5. The van der Waals surface area contributed by atoms with Gasteiger partial charge in [-0.15, -0.1) is 0 Å². The molecule has 150 valence electrons. The van der Waals surface area contributed by atoms with Gasteiger partial charge in [-0.05, 0) is 61.7 Å². The van der Waals surface area contributed by atoms with Crippen LogP contribution in [-0.2, 0) is 0 Å². The van der Waals surface area contributed by atoms with Gasteiger partial charge >= 0.3 is 0 Å². The number of hydrogen-bond donors (Lipinski definition) is 2. The lowest BCUT2D eigenvalue weighted by Crippen LogP contribution is -2.48. The summed E-state index contributed by atoms with van der Waals surface area (Å²) in [6.45, 7) is 3.56. The zero-order valence-electron chi connectivity index (χ0n) is 16.7. The van der Waals surface area contributed by atoms with Crippen LogP contribution in [0.1, 0.15) is 28.9 Å². The van der Waals surface area contributed by atoms with E-state index in [4.69, 9.17) is 4.74 Å². The molecule has 1 aliphatic heterocycles. The van der Waals surface area contributed by atoms with Crippen LogP contribution in [0.4, 0.5) is 5.82 Å². The number of aryl methyl sites for hydroxylation is 1. The van der Waals surface area contributed by atoms with E-state index in [0.717, 1.165) is 54.4 Å². The number of carbonyl (C=O) groups excluding carboxylic acids is 1. The number of ether oxygens (including phenoxy) is 1. The second-order valence-electron chi connectivity index (χ2n) is 7.32. The van der Waals surface area contributed by atoms with E-state index in [9.17, 15) is 4.79 Å². The van der Waals surface area contributed by atoms with Crippen LogP contribution in [0.15, 0.2) is 48.7 Å². The second-order valence-corrected chi connectivity index (χ2v) is 7.32. The zero-order chi connectivity index (χ0) is 20.2. The number of rotatable bonds is 5. The Morgan fingerprint density at radius 2 is 2.07 bits per heavy atom. The molecule has 3 aromatic rings. The summed E-state index contributed by atoms with van der Waals surface area (Å²) < 4.78 is 5.21. The van der Waals surface area contributed by atoms with Gasteiger partial charge in [0.2, 0.25) is 0 Å². The number of amides is 1. The third-order valence-corrected chi connectivity index (χ3v) is 5.22. The molecule has 0 spiro atoms. The molecule has 0 bridgehead atoms. The second kappa shape index (κ2) is 8.34. The van der Waals surface area contributed by atoms with Crippen molar-refractivity contribution in [2.45, 2.75) is 25.8 Å². The molecule has 2 aromatic heterocycles. The maximum atomic E-state index is 12.5. The number of piperidine rings is 1. The number of benzene rings is 1. The van der Waals surface area contributed by atoms with Crippen LogP contribution in [0.5, 0.6) is 5.75 Å². The van der Waals surface area contributed by atoms with Crippen molar-refractivity contribution >= 4 is 11.7 Å². The van der Waals surface area contributed by atoms with Crippen molar-refractivity contribution < 1.29 is 9.53 Å². The van der Waals surface area contributed by atoms with Gasteiger partial charge in [0.05, 0.1) is 18.4 Å². The number of H-pyrrole nitrogens is 1. The smallest absolute Gasteiger partial charge is 0.253 e. The topological polar surface area (TPSA) is 83.1 Å². The molecule has 1 amide bonds. The predicted molar refractivity (Wildman–Crippen MR) is 112 cm³/mol. The van der Waals surface area contributed by atoms with Crippen LogP contribution in [0.3, 0.4) is 0 Å². The van der Waals surface area contributed by atoms with Gasteiger partial charge in [-0.25, -0.2) is 0 Å². The van der Waals surface area contributed by atoms with E-state index in [2.05, 4.69) is 31.5 Å². The molecule has 1 aliphatic rings. The molecule has 0 saturated carbocycles. The SMILES string of the molecule is COc1ccc(-c2cc(N3CCC[C@H](NC(=O)c4ccc(C)nc4)C3)n[nH]2)cc1. The van der Waals surface area contributed by atoms with Gasteiger partial charge in [-0.2, -0.15) is 5.10 Å². The van der Waals surface area contributed by atoms with Crippen LogP contribution in [0, 0.1) is 6.92 Å². The van der Waals surface area contributed by atoms with Crippen molar-refractivity contribution in [1.29, 1.82) is 0 Å². The Hall–Kier alpha value is -3.35. The Morgan fingerprint density at radius 3 is 2.79 bits per heavy atom. The van der Waals surface area contributed by atoms with Crippen molar-refractivity contribution in [1.82, 2.24) is 20.5 Å². The van der Waals surface area contributed by atoms with E-state index in [1.807, 2.05) is 43.3 Å². The molecule has 0 radical (unpaired) electrons. The number of methoxy groups -OCH3 is 1. The van der Waals surface area contributed by atoms with Gasteiger partial charge in [-0.1, -0.05) is 0 Å². The molecular weight excluding hydrogens is 366 g/mol. The molecule has 1 saturated heterocycles. The number of aromatic nitrogens is 3. The molecule has 0 unspecified atom stereocenters. The Kier molecular flexibility index (Phi) is 5.46. The molecule has 4 rings (SSSR count). The zero-order valence-corrected chi connectivity index (χ0v) is 16.7. The number of nitrogens with one attached hydrogen (secondary N) is 2. The van der Waals surface area contributed by atoms with Gasteiger partial charge < -0.3 is 15.0 Å². The summed E-state index contributed by atoms with van der Waals surface area (Å²) in [5, 5.41) is 10.7. The lowest BCUT2D eigenvalue weighted by atomic mass is 10.0. The highest BCUT2D eigenvalue weighted by molar-refractivity contribution is 5.94. The van der Waals surface area contributed by atoms with Crippen molar-refractivity contribution in [3.05, 3.63) is 59.9 Å². The largest absolute Gasteiger partial charge is 0.497 e. The number of aromatic amines is 1. The van der Waals surface area contributed by atoms with Crippen molar-refractivity contribution in [2.24, 2.45) is 0 Å². The molecule has 29 heavy (non-hydrogen) atoms. The summed E-state index contributed by atoms with van der Waals surface area (Å²) in [6.07, 6.45) is 3.58. The lowest BCUT2D eigenvalue weighted by molar-refractivity contribution is 0.0932. The molecule has 7 heteroatoms. The van der Waals surface area contributed by atoms with E-state index in [1.165, 1.54) is 0 Å². The lowest BCUT2D eigenvalue weighted by Gasteiger charge is -2.33. The Balaban J connectivity index is 1.41. The van der Waals surface area contributed by atoms with Crippen molar-refractivity contribution in [3.63, 3.8) is 0 Å². The maximum Gasteiger partial charge on any atom is 0.253 e. The van der Waals surface area contributed by atoms with Gasteiger partial charge in [0.25, 0.3) is 5.91 Å². The summed E-state index contributed by atoms with van der Waals surface area (Å²) in [7, 11) is 1.66. The Labute approximate surface area is 170 Å². The fourth-order valence-corrected chi connectivity index (χ4v) is 3.57.